The molecule has 0 atom stereocenters. The molecule has 0 unspecified atom stereocenters. The van der Waals surface area contributed by atoms with Crippen LogP contribution >= 0.6 is 11.3 Å². The predicted molar refractivity (Wildman–Crippen MR) is 113 cm³/mol. The van der Waals surface area contributed by atoms with Crippen molar-refractivity contribution in [3.8, 4) is 17.2 Å². The van der Waals surface area contributed by atoms with Crippen molar-refractivity contribution in [2.45, 2.75) is 6.92 Å². The molecular formula is C21H18N4O3S. The molecule has 4 aromatic rings. The summed E-state index contributed by atoms with van der Waals surface area (Å²) in [6.45, 7) is 1.92. The van der Waals surface area contributed by atoms with Gasteiger partial charge < -0.3 is 9.84 Å². The molecule has 2 heterocycles. The topological polar surface area (TPSA) is 88.7 Å². The second kappa shape index (κ2) is 7.76. The Hall–Kier alpha value is -3.65. The van der Waals surface area contributed by atoms with Crippen LogP contribution in [0.4, 0.5) is 0 Å². The van der Waals surface area contributed by atoms with Crippen LogP contribution in [0.1, 0.15) is 20.9 Å². The van der Waals surface area contributed by atoms with Crippen LogP contribution in [0.15, 0.2) is 59.7 Å². The molecule has 0 bridgehead atoms. The van der Waals surface area contributed by atoms with Gasteiger partial charge in [-0.15, -0.1) is 11.3 Å². The molecule has 0 aliphatic rings. The van der Waals surface area contributed by atoms with Crippen molar-refractivity contribution in [3.05, 3.63) is 70.7 Å². The predicted octanol–water partition coefficient (Wildman–Crippen LogP) is 3.87. The van der Waals surface area contributed by atoms with E-state index in [0.29, 0.717) is 16.2 Å². The van der Waals surface area contributed by atoms with E-state index in [1.54, 1.807) is 12.1 Å². The Morgan fingerprint density at radius 1 is 1.24 bits per heavy atom. The molecule has 2 aromatic heterocycles. The van der Waals surface area contributed by atoms with Crippen LogP contribution in [0.3, 0.4) is 0 Å². The number of methoxy groups -OCH3 is 1. The van der Waals surface area contributed by atoms with E-state index < -0.39 is 0 Å². The summed E-state index contributed by atoms with van der Waals surface area (Å²) in [5, 5.41) is 19.2. The van der Waals surface area contributed by atoms with Gasteiger partial charge in [-0.3, -0.25) is 4.79 Å². The number of aromatic nitrogens is 2. The molecule has 2 aromatic carbocycles. The zero-order valence-electron chi connectivity index (χ0n) is 15.8. The summed E-state index contributed by atoms with van der Waals surface area (Å²) in [6, 6.07) is 16.4. The molecule has 0 saturated heterocycles. The first-order valence-electron chi connectivity index (χ1n) is 8.82. The van der Waals surface area contributed by atoms with Gasteiger partial charge in [0, 0.05) is 5.39 Å². The number of amides is 1. The van der Waals surface area contributed by atoms with Crippen LogP contribution < -0.4 is 10.2 Å². The lowest BCUT2D eigenvalue weighted by atomic mass is 10.2. The molecule has 0 radical (unpaired) electrons. The van der Waals surface area contributed by atoms with Gasteiger partial charge in [-0.25, -0.2) is 10.1 Å². The summed E-state index contributed by atoms with van der Waals surface area (Å²) >= 11 is 1.36. The van der Waals surface area contributed by atoms with Crippen LogP contribution in [0.2, 0.25) is 0 Å². The van der Waals surface area contributed by atoms with E-state index in [0.717, 1.165) is 21.6 Å². The maximum absolute atomic E-state index is 12.5. The number of carbonyl (C=O) groups excluding carboxylic acids is 1. The number of fused-ring (bicyclic) bond motifs is 1. The second-order valence-corrected chi connectivity index (χ2v) is 7.32. The van der Waals surface area contributed by atoms with Gasteiger partial charge in [0.1, 0.15) is 4.83 Å². The third kappa shape index (κ3) is 3.70. The fourth-order valence-electron chi connectivity index (χ4n) is 2.90. The highest BCUT2D eigenvalue weighted by atomic mass is 32.1. The van der Waals surface area contributed by atoms with Crippen molar-refractivity contribution < 1.29 is 14.6 Å². The molecule has 4 rings (SSSR count). The van der Waals surface area contributed by atoms with Crippen molar-refractivity contribution in [1.29, 1.82) is 0 Å². The highest BCUT2D eigenvalue weighted by molar-refractivity contribution is 7.20. The molecular weight excluding hydrogens is 388 g/mol. The van der Waals surface area contributed by atoms with Crippen LogP contribution in [-0.2, 0) is 0 Å². The highest BCUT2D eigenvalue weighted by Crippen LogP contribution is 2.30. The molecule has 0 aliphatic heterocycles. The number of phenolic OH excluding ortho intramolecular Hbond substituents is 1. The van der Waals surface area contributed by atoms with Crippen LogP contribution in [0, 0.1) is 6.92 Å². The fraction of sp³-hybridized carbons (Fsp3) is 0.0952. The Balaban J connectivity index is 1.55. The van der Waals surface area contributed by atoms with Crippen LogP contribution in [0.5, 0.6) is 11.5 Å². The second-order valence-electron chi connectivity index (χ2n) is 6.29. The lowest BCUT2D eigenvalue weighted by Gasteiger charge is -2.03. The van der Waals surface area contributed by atoms with Crippen LogP contribution in [0.25, 0.3) is 15.9 Å². The Morgan fingerprint density at radius 2 is 2.03 bits per heavy atom. The third-order valence-electron chi connectivity index (χ3n) is 4.35. The van der Waals surface area contributed by atoms with Gasteiger partial charge in [0.05, 0.1) is 29.6 Å². The number of para-hydroxylation sites is 1. The molecule has 8 heteroatoms. The number of hydrogen-bond donors (Lipinski definition) is 2. The lowest BCUT2D eigenvalue weighted by Crippen LogP contribution is -2.16. The van der Waals surface area contributed by atoms with E-state index in [4.69, 9.17) is 4.74 Å². The molecule has 0 spiro atoms. The lowest BCUT2D eigenvalue weighted by molar-refractivity contribution is 0.0959. The van der Waals surface area contributed by atoms with E-state index >= 15 is 0 Å². The average molecular weight is 406 g/mol. The van der Waals surface area contributed by atoms with Gasteiger partial charge in [-0.1, -0.05) is 18.2 Å². The van der Waals surface area contributed by atoms with E-state index in [1.807, 2.05) is 48.0 Å². The Labute approximate surface area is 170 Å². The molecule has 7 nitrogen and oxygen atoms in total. The van der Waals surface area contributed by atoms with Crippen molar-refractivity contribution in [2.75, 3.05) is 7.11 Å². The highest BCUT2D eigenvalue weighted by Gasteiger charge is 2.16. The smallest absolute Gasteiger partial charge is 0.281 e. The summed E-state index contributed by atoms with van der Waals surface area (Å²) in [4.78, 5) is 14.0. The van der Waals surface area contributed by atoms with Gasteiger partial charge in [0.2, 0.25) is 0 Å². The largest absolute Gasteiger partial charge is 0.504 e. The molecule has 1 amide bonds. The first kappa shape index (κ1) is 18.7. The number of ether oxygens (including phenoxy) is 1. The zero-order valence-corrected chi connectivity index (χ0v) is 16.6. The molecule has 0 aliphatic carbocycles. The first-order chi connectivity index (χ1) is 14.1. The number of thiophene rings is 1. The number of nitrogens with one attached hydrogen (secondary N) is 1. The first-order valence-corrected chi connectivity index (χ1v) is 9.63. The fourth-order valence-corrected chi connectivity index (χ4v) is 3.97. The molecule has 0 saturated carbocycles. The van der Waals surface area contributed by atoms with Crippen molar-refractivity contribution in [2.24, 2.45) is 5.10 Å². The number of hydrazone groups is 1. The number of phenols is 1. The average Bonchev–Trinajstić information content (AvgIpc) is 3.30. The van der Waals surface area contributed by atoms with Gasteiger partial charge in [0.15, 0.2) is 11.5 Å². The Kier molecular flexibility index (Phi) is 5.01. The minimum Gasteiger partial charge on any atom is -0.504 e. The minimum absolute atomic E-state index is 0.0433. The van der Waals surface area contributed by atoms with Crippen molar-refractivity contribution >= 4 is 33.7 Å². The summed E-state index contributed by atoms with van der Waals surface area (Å²) in [6.07, 6.45) is 1.49. The summed E-state index contributed by atoms with van der Waals surface area (Å²) in [5.41, 5.74) is 5.03. The third-order valence-corrected chi connectivity index (χ3v) is 5.46. The van der Waals surface area contributed by atoms with E-state index in [9.17, 15) is 9.90 Å². The maximum atomic E-state index is 12.5. The van der Waals surface area contributed by atoms with Crippen molar-refractivity contribution in [3.63, 3.8) is 0 Å². The maximum Gasteiger partial charge on any atom is 0.281 e. The quantitative estimate of drug-likeness (QED) is 0.389. The Morgan fingerprint density at radius 3 is 2.79 bits per heavy atom. The van der Waals surface area contributed by atoms with Crippen molar-refractivity contribution in [1.82, 2.24) is 15.2 Å². The monoisotopic (exact) mass is 406 g/mol. The number of carbonyl (C=O) groups is 1. The summed E-state index contributed by atoms with van der Waals surface area (Å²) in [5.74, 6) is 0.0831. The summed E-state index contributed by atoms with van der Waals surface area (Å²) in [7, 11) is 1.47. The Bertz CT molecular complexity index is 1210. The van der Waals surface area contributed by atoms with Gasteiger partial charge >= 0.3 is 0 Å². The number of aromatic hydroxyl groups is 1. The molecule has 29 heavy (non-hydrogen) atoms. The number of hydrogen-bond acceptors (Lipinski definition) is 6. The van der Waals surface area contributed by atoms with Gasteiger partial charge in [0.25, 0.3) is 5.91 Å². The number of benzene rings is 2. The van der Waals surface area contributed by atoms with E-state index in [-0.39, 0.29) is 11.7 Å². The number of nitrogens with zero attached hydrogens (tertiary/aromatic N) is 3. The molecule has 2 N–H and O–H groups in total. The van der Waals surface area contributed by atoms with E-state index in [1.165, 1.54) is 30.7 Å². The standard InChI is InChI=1S/C21H18N4O3S/c1-13-16-11-19(29-21(16)25(24-13)15-6-4-3-5-7-15)20(27)23-22-12-14-8-9-17(26)18(10-14)28-2/h3-12,26H,1-2H3,(H,23,27)/b22-12-. The molecule has 146 valence electrons. The SMILES string of the molecule is COc1cc(/C=N\NC(=O)c2cc3c(C)nn(-c4ccccc4)c3s2)ccc1O. The van der Waals surface area contributed by atoms with Gasteiger partial charge in [-0.2, -0.15) is 10.2 Å². The number of rotatable bonds is 5. The molecule has 0 fully saturated rings. The van der Waals surface area contributed by atoms with E-state index in [2.05, 4.69) is 15.6 Å². The summed E-state index contributed by atoms with van der Waals surface area (Å²) < 4.78 is 6.91. The zero-order chi connectivity index (χ0) is 20.4. The minimum atomic E-state index is -0.299. The van der Waals surface area contributed by atoms with Crippen LogP contribution in [-0.4, -0.2) is 34.1 Å². The van der Waals surface area contributed by atoms with Gasteiger partial charge in [-0.05, 0) is 48.9 Å². The normalized spacial score (nSPS) is 11.2. The number of aryl methyl sites for hydroxylation is 1.